The summed E-state index contributed by atoms with van der Waals surface area (Å²) in [5.74, 6) is 1.94. The zero-order chi connectivity index (χ0) is 41.0. The Balaban J connectivity index is 0.951. The first kappa shape index (κ1) is 35.5. The number of rotatable bonds is 7. The van der Waals surface area contributed by atoms with Gasteiger partial charge in [-0.05, 0) is 76.9 Å². The van der Waals surface area contributed by atoms with Gasteiger partial charge in [-0.2, -0.15) is 0 Å². The van der Waals surface area contributed by atoms with E-state index in [9.17, 15) is 0 Å². The van der Waals surface area contributed by atoms with Gasteiger partial charge >= 0.3 is 0 Å². The SMILES string of the molecule is c1ccc(-c2nc(-c3ccccc3)nc(-c3ccc(-c4cccc5c4c4ccccc4n5-c4cccc(-c5ccc6c(c5)c5ccccc5n6-c5ccccc5)c4)cc3)n2)cc1. The molecule has 0 bridgehead atoms. The van der Waals surface area contributed by atoms with Crippen LogP contribution in [0, 0.1) is 0 Å². The summed E-state index contributed by atoms with van der Waals surface area (Å²) in [4.78, 5) is 14.8. The second-order valence-electron chi connectivity index (χ2n) is 15.6. The van der Waals surface area contributed by atoms with E-state index in [0.29, 0.717) is 17.5 Å². The summed E-state index contributed by atoms with van der Waals surface area (Å²) in [6.45, 7) is 0. The second kappa shape index (κ2) is 14.7. The highest BCUT2D eigenvalue weighted by Crippen LogP contribution is 2.40. The minimum atomic E-state index is 0.639. The standard InChI is InChI=1S/C57H37N5/c1-4-16-39(17-5-1)55-58-56(40-18-6-2-7-19-40)60-57(59-55)41-32-30-38(31-33-41)46-26-15-29-53-54(46)48-25-11-13-28-51(48)62(53)45-23-14-20-42(36-45)43-34-35-52-49(37-43)47-24-10-12-27-50(47)61(52)44-21-8-3-9-22-44/h1-37H. The predicted octanol–water partition coefficient (Wildman–Crippen LogP) is 14.4. The summed E-state index contributed by atoms with van der Waals surface area (Å²) in [5.41, 5.74) is 14.5. The number of nitrogens with zero attached hydrogens (tertiary/aromatic N) is 5. The normalized spacial score (nSPS) is 11.5. The van der Waals surface area contributed by atoms with E-state index in [0.717, 1.165) is 44.7 Å². The molecule has 12 rings (SSSR count). The fourth-order valence-corrected chi connectivity index (χ4v) is 9.11. The first-order valence-corrected chi connectivity index (χ1v) is 20.9. The van der Waals surface area contributed by atoms with E-state index in [4.69, 9.17) is 15.0 Å². The number of para-hydroxylation sites is 3. The summed E-state index contributed by atoms with van der Waals surface area (Å²) in [6.07, 6.45) is 0. The van der Waals surface area contributed by atoms with Gasteiger partial charge in [0.25, 0.3) is 0 Å². The van der Waals surface area contributed by atoms with E-state index in [1.165, 1.54) is 49.3 Å². The third kappa shape index (κ3) is 5.98. The molecule has 3 heterocycles. The van der Waals surface area contributed by atoms with Crippen LogP contribution in [-0.4, -0.2) is 24.1 Å². The topological polar surface area (TPSA) is 48.5 Å². The van der Waals surface area contributed by atoms with Gasteiger partial charge in [0.2, 0.25) is 0 Å². The number of hydrogen-bond acceptors (Lipinski definition) is 3. The average Bonchev–Trinajstić information content (AvgIpc) is 3.88. The molecule has 0 spiro atoms. The smallest absolute Gasteiger partial charge is 0.164 e. The molecule has 290 valence electrons. The molecule has 5 nitrogen and oxygen atoms in total. The molecule has 0 radical (unpaired) electrons. The van der Waals surface area contributed by atoms with Crippen LogP contribution in [0.15, 0.2) is 224 Å². The maximum atomic E-state index is 4.97. The first-order valence-electron chi connectivity index (χ1n) is 20.9. The molecule has 0 saturated heterocycles. The lowest BCUT2D eigenvalue weighted by Gasteiger charge is -2.12. The number of aromatic nitrogens is 5. The molecule has 0 fully saturated rings. The molecule has 5 heteroatoms. The summed E-state index contributed by atoms with van der Waals surface area (Å²) in [7, 11) is 0. The van der Waals surface area contributed by atoms with Crippen LogP contribution >= 0.6 is 0 Å². The first-order chi connectivity index (χ1) is 30.7. The minimum Gasteiger partial charge on any atom is -0.309 e. The van der Waals surface area contributed by atoms with Crippen LogP contribution in [0.25, 0.3) is 111 Å². The molecular formula is C57H37N5. The molecule has 0 aliphatic heterocycles. The Hall–Kier alpha value is -8.41. The largest absolute Gasteiger partial charge is 0.309 e. The van der Waals surface area contributed by atoms with Crippen LogP contribution in [0.3, 0.4) is 0 Å². The quantitative estimate of drug-likeness (QED) is 0.162. The highest BCUT2D eigenvalue weighted by atomic mass is 15.0. The molecule has 3 aromatic heterocycles. The lowest BCUT2D eigenvalue weighted by Crippen LogP contribution is -2.00. The zero-order valence-corrected chi connectivity index (χ0v) is 33.6. The zero-order valence-electron chi connectivity index (χ0n) is 33.6. The molecule has 0 atom stereocenters. The third-order valence-corrected chi connectivity index (χ3v) is 12.0. The van der Waals surface area contributed by atoms with Gasteiger partial charge in [0.15, 0.2) is 17.5 Å². The van der Waals surface area contributed by atoms with Crippen molar-refractivity contribution in [3.8, 4) is 67.8 Å². The fourth-order valence-electron chi connectivity index (χ4n) is 9.11. The fraction of sp³-hybridized carbons (Fsp3) is 0. The Labute approximate surface area is 358 Å². The molecule has 0 aliphatic carbocycles. The van der Waals surface area contributed by atoms with Gasteiger partial charge in [0.05, 0.1) is 22.1 Å². The highest BCUT2D eigenvalue weighted by Gasteiger charge is 2.19. The minimum absolute atomic E-state index is 0.639. The Kier molecular flexibility index (Phi) is 8.42. The van der Waals surface area contributed by atoms with Gasteiger partial charge < -0.3 is 9.13 Å². The van der Waals surface area contributed by atoms with E-state index in [-0.39, 0.29) is 0 Å². The Morgan fingerprint density at radius 1 is 0.258 bits per heavy atom. The molecule has 62 heavy (non-hydrogen) atoms. The Bertz CT molecular complexity index is 3550. The number of hydrogen-bond donors (Lipinski definition) is 0. The van der Waals surface area contributed by atoms with E-state index < -0.39 is 0 Å². The molecule has 0 aliphatic rings. The average molecular weight is 792 g/mol. The molecule has 0 N–H and O–H groups in total. The molecular weight excluding hydrogens is 755 g/mol. The van der Waals surface area contributed by atoms with Crippen LogP contribution in [0.2, 0.25) is 0 Å². The van der Waals surface area contributed by atoms with Gasteiger partial charge in [0.1, 0.15) is 0 Å². The van der Waals surface area contributed by atoms with Crippen LogP contribution in [0.5, 0.6) is 0 Å². The van der Waals surface area contributed by atoms with Gasteiger partial charge in [-0.25, -0.2) is 15.0 Å². The maximum absolute atomic E-state index is 4.97. The van der Waals surface area contributed by atoms with Crippen LogP contribution in [0.1, 0.15) is 0 Å². The van der Waals surface area contributed by atoms with E-state index >= 15 is 0 Å². The van der Waals surface area contributed by atoms with Crippen molar-refractivity contribution in [2.45, 2.75) is 0 Å². The molecule has 0 saturated carbocycles. The van der Waals surface area contributed by atoms with Crippen molar-refractivity contribution in [1.82, 2.24) is 24.1 Å². The lowest BCUT2D eigenvalue weighted by molar-refractivity contribution is 1.07. The maximum Gasteiger partial charge on any atom is 0.164 e. The van der Waals surface area contributed by atoms with Crippen LogP contribution in [0.4, 0.5) is 0 Å². The number of fused-ring (bicyclic) bond motifs is 6. The third-order valence-electron chi connectivity index (χ3n) is 12.0. The number of benzene rings is 9. The Morgan fingerprint density at radius 2 is 0.694 bits per heavy atom. The lowest BCUT2D eigenvalue weighted by atomic mass is 9.98. The second-order valence-corrected chi connectivity index (χ2v) is 15.6. The van der Waals surface area contributed by atoms with Gasteiger partial charge in [0, 0.05) is 49.6 Å². The van der Waals surface area contributed by atoms with Crippen molar-refractivity contribution < 1.29 is 0 Å². The summed E-state index contributed by atoms with van der Waals surface area (Å²) in [6, 6.07) is 79.4. The molecule has 9 aromatic carbocycles. The van der Waals surface area contributed by atoms with Crippen LogP contribution in [-0.2, 0) is 0 Å². The molecule has 0 amide bonds. The van der Waals surface area contributed by atoms with Crippen LogP contribution < -0.4 is 0 Å². The van der Waals surface area contributed by atoms with Crippen molar-refractivity contribution in [2.24, 2.45) is 0 Å². The molecule has 12 aromatic rings. The van der Waals surface area contributed by atoms with Crippen molar-refractivity contribution in [3.63, 3.8) is 0 Å². The highest BCUT2D eigenvalue weighted by molar-refractivity contribution is 6.16. The summed E-state index contributed by atoms with van der Waals surface area (Å²) >= 11 is 0. The van der Waals surface area contributed by atoms with Crippen molar-refractivity contribution in [2.75, 3.05) is 0 Å². The van der Waals surface area contributed by atoms with Gasteiger partial charge in [-0.3, -0.25) is 0 Å². The van der Waals surface area contributed by atoms with E-state index in [1.54, 1.807) is 0 Å². The van der Waals surface area contributed by atoms with Crippen molar-refractivity contribution in [3.05, 3.63) is 224 Å². The summed E-state index contributed by atoms with van der Waals surface area (Å²) < 4.78 is 4.78. The van der Waals surface area contributed by atoms with Crippen molar-refractivity contribution in [1.29, 1.82) is 0 Å². The Morgan fingerprint density at radius 3 is 1.37 bits per heavy atom. The predicted molar refractivity (Wildman–Crippen MR) is 256 cm³/mol. The van der Waals surface area contributed by atoms with Crippen molar-refractivity contribution >= 4 is 43.6 Å². The monoisotopic (exact) mass is 791 g/mol. The van der Waals surface area contributed by atoms with Gasteiger partial charge in [-0.15, -0.1) is 0 Å². The molecule has 0 unspecified atom stereocenters. The van der Waals surface area contributed by atoms with Gasteiger partial charge in [-0.1, -0.05) is 170 Å². The van der Waals surface area contributed by atoms with E-state index in [2.05, 4.69) is 173 Å². The summed E-state index contributed by atoms with van der Waals surface area (Å²) in [5, 5.41) is 4.91. The van der Waals surface area contributed by atoms with E-state index in [1.807, 2.05) is 60.7 Å².